The van der Waals surface area contributed by atoms with Gasteiger partial charge in [0, 0.05) is 6.54 Å². The summed E-state index contributed by atoms with van der Waals surface area (Å²) in [6.07, 6.45) is 0. The molecule has 0 unspecified atom stereocenters. The van der Waals surface area contributed by atoms with Crippen molar-refractivity contribution in [2.45, 2.75) is 26.3 Å². The molecule has 0 aromatic heterocycles. The molecule has 0 radical (unpaired) electrons. The summed E-state index contributed by atoms with van der Waals surface area (Å²) in [4.78, 5) is 0. The van der Waals surface area contributed by atoms with Crippen molar-refractivity contribution in [3.8, 4) is 0 Å². The van der Waals surface area contributed by atoms with Gasteiger partial charge < -0.3 is 5.73 Å². The average molecular weight is 217 g/mol. The summed E-state index contributed by atoms with van der Waals surface area (Å²) < 4.78 is 13.3. The first-order chi connectivity index (χ1) is 7.63. The molecule has 0 saturated heterocycles. The van der Waals surface area contributed by atoms with Crippen molar-refractivity contribution in [3.05, 3.63) is 47.3 Å². The van der Waals surface area contributed by atoms with Gasteiger partial charge in [0.15, 0.2) is 0 Å². The van der Waals surface area contributed by atoms with Crippen LogP contribution in [0.2, 0.25) is 0 Å². The molecule has 0 aliphatic rings. The SMILES string of the molecule is CC(C)c1c(CN)ccc2ccc(F)cc12. The zero-order valence-corrected chi connectivity index (χ0v) is 9.63. The summed E-state index contributed by atoms with van der Waals surface area (Å²) in [5.41, 5.74) is 7.99. The van der Waals surface area contributed by atoms with Crippen molar-refractivity contribution in [1.29, 1.82) is 0 Å². The second-order valence-electron chi connectivity index (χ2n) is 4.36. The van der Waals surface area contributed by atoms with E-state index in [1.54, 1.807) is 6.07 Å². The van der Waals surface area contributed by atoms with Crippen LogP contribution in [0.5, 0.6) is 0 Å². The monoisotopic (exact) mass is 217 g/mol. The van der Waals surface area contributed by atoms with Gasteiger partial charge in [-0.15, -0.1) is 0 Å². The lowest BCUT2D eigenvalue weighted by Crippen LogP contribution is -2.03. The standard InChI is InChI=1S/C14H16FN/c1-9(2)14-11(8-16)4-3-10-5-6-12(15)7-13(10)14/h3-7,9H,8,16H2,1-2H3. The molecule has 0 bridgehead atoms. The summed E-state index contributed by atoms with van der Waals surface area (Å²) in [6.45, 7) is 4.72. The molecule has 0 aliphatic heterocycles. The highest BCUT2D eigenvalue weighted by Gasteiger charge is 2.10. The van der Waals surface area contributed by atoms with Crippen LogP contribution < -0.4 is 5.73 Å². The predicted molar refractivity (Wildman–Crippen MR) is 65.9 cm³/mol. The molecule has 2 N–H and O–H groups in total. The highest BCUT2D eigenvalue weighted by molar-refractivity contribution is 5.87. The summed E-state index contributed by atoms with van der Waals surface area (Å²) in [6, 6.07) is 8.95. The van der Waals surface area contributed by atoms with Gasteiger partial charge in [-0.1, -0.05) is 32.0 Å². The smallest absolute Gasteiger partial charge is 0.123 e. The topological polar surface area (TPSA) is 26.0 Å². The zero-order chi connectivity index (χ0) is 11.7. The van der Waals surface area contributed by atoms with Gasteiger partial charge in [-0.25, -0.2) is 4.39 Å². The van der Waals surface area contributed by atoms with E-state index in [2.05, 4.69) is 13.8 Å². The number of benzene rings is 2. The molecule has 2 heteroatoms. The number of hydrogen-bond acceptors (Lipinski definition) is 1. The van der Waals surface area contributed by atoms with E-state index in [4.69, 9.17) is 5.73 Å². The second kappa shape index (κ2) is 4.22. The molecular formula is C14H16FN. The molecule has 84 valence electrons. The molecule has 0 amide bonds. The first kappa shape index (κ1) is 11.1. The van der Waals surface area contributed by atoms with E-state index < -0.39 is 0 Å². The Bertz CT molecular complexity index is 517. The minimum atomic E-state index is -0.191. The van der Waals surface area contributed by atoms with Gasteiger partial charge in [-0.3, -0.25) is 0 Å². The van der Waals surface area contributed by atoms with Crippen molar-refractivity contribution in [3.63, 3.8) is 0 Å². The molecule has 2 rings (SSSR count). The Morgan fingerprint density at radius 2 is 1.88 bits per heavy atom. The summed E-state index contributed by atoms with van der Waals surface area (Å²) >= 11 is 0. The van der Waals surface area contributed by atoms with E-state index in [0.717, 1.165) is 16.3 Å². The fourth-order valence-corrected chi connectivity index (χ4v) is 2.22. The molecule has 0 atom stereocenters. The lowest BCUT2D eigenvalue weighted by molar-refractivity contribution is 0.629. The number of nitrogens with two attached hydrogens (primary N) is 1. The fraction of sp³-hybridized carbons (Fsp3) is 0.286. The largest absolute Gasteiger partial charge is 0.326 e. The molecule has 16 heavy (non-hydrogen) atoms. The highest BCUT2D eigenvalue weighted by Crippen LogP contribution is 2.29. The minimum Gasteiger partial charge on any atom is -0.326 e. The third-order valence-corrected chi connectivity index (χ3v) is 2.91. The van der Waals surface area contributed by atoms with Crippen LogP contribution in [0.3, 0.4) is 0 Å². The Morgan fingerprint density at radius 3 is 2.50 bits per heavy atom. The van der Waals surface area contributed by atoms with Crippen molar-refractivity contribution in [1.82, 2.24) is 0 Å². The van der Waals surface area contributed by atoms with Crippen LogP contribution in [0.4, 0.5) is 4.39 Å². The molecule has 0 saturated carbocycles. The number of hydrogen-bond donors (Lipinski definition) is 1. The highest BCUT2D eigenvalue weighted by atomic mass is 19.1. The Balaban J connectivity index is 2.81. The zero-order valence-electron chi connectivity index (χ0n) is 9.63. The number of rotatable bonds is 2. The van der Waals surface area contributed by atoms with Crippen molar-refractivity contribution in [2.24, 2.45) is 5.73 Å². The van der Waals surface area contributed by atoms with E-state index >= 15 is 0 Å². The molecule has 0 fully saturated rings. The average Bonchev–Trinajstić information content (AvgIpc) is 2.26. The Morgan fingerprint density at radius 1 is 1.19 bits per heavy atom. The number of fused-ring (bicyclic) bond motifs is 1. The van der Waals surface area contributed by atoms with Crippen molar-refractivity contribution >= 4 is 10.8 Å². The van der Waals surface area contributed by atoms with E-state index in [1.165, 1.54) is 11.6 Å². The van der Waals surface area contributed by atoms with Crippen LogP contribution in [-0.4, -0.2) is 0 Å². The van der Waals surface area contributed by atoms with Crippen LogP contribution in [0, 0.1) is 5.82 Å². The molecule has 0 spiro atoms. The van der Waals surface area contributed by atoms with Gasteiger partial charge in [0.25, 0.3) is 0 Å². The van der Waals surface area contributed by atoms with Crippen LogP contribution in [0.25, 0.3) is 10.8 Å². The Hall–Kier alpha value is -1.41. The summed E-state index contributed by atoms with van der Waals surface area (Å²) in [5, 5.41) is 2.06. The van der Waals surface area contributed by atoms with Gasteiger partial charge in [0.1, 0.15) is 5.82 Å². The van der Waals surface area contributed by atoms with Gasteiger partial charge in [-0.2, -0.15) is 0 Å². The molecule has 2 aromatic carbocycles. The maximum Gasteiger partial charge on any atom is 0.123 e. The minimum absolute atomic E-state index is 0.191. The van der Waals surface area contributed by atoms with Crippen LogP contribution in [-0.2, 0) is 6.54 Å². The maximum atomic E-state index is 13.3. The first-order valence-corrected chi connectivity index (χ1v) is 5.54. The van der Waals surface area contributed by atoms with Crippen molar-refractivity contribution < 1.29 is 4.39 Å². The summed E-state index contributed by atoms with van der Waals surface area (Å²) in [7, 11) is 0. The third kappa shape index (κ3) is 1.81. The Labute approximate surface area is 95.1 Å². The van der Waals surface area contributed by atoms with Gasteiger partial charge in [0.2, 0.25) is 0 Å². The fourth-order valence-electron chi connectivity index (χ4n) is 2.22. The maximum absolute atomic E-state index is 13.3. The van der Waals surface area contributed by atoms with E-state index in [-0.39, 0.29) is 5.82 Å². The van der Waals surface area contributed by atoms with Crippen molar-refractivity contribution in [2.75, 3.05) is 0 Å². The second-order valence-corrected chi connectivity index (χ2v) is 4.36. The first-order valence-electron chi connectivity index (χ1n) is 5.54. The number of halogens is 1. The van der Waals surface area contributed by atoms with Crippen LogP contribution >= 0.6 is 0 Å². The van der Waals surface area contributed by atoms with Gasteiger partial charge in [-0.05, 0) is 39.9 Å². The van der Waals surface area contributed by atoms with Crippen LogP contribution in [0.1, 0.15) is 30.9 Å². The van der Waals surface area contributed by atoms with E-state index in [0.29, 0.717) is 12.5 Å². The van der Waals surface area contributed by atoms with E-state index in [1.807, 2.05) is 18.2 Å². The molecule has 0 aliphatic carbocycles. The normalized spacial score (nSPS) is 11.3. The quantitative estimate of drug-likeness (QED) is 0.817. The Kier molecular flexibility index (Phi) is 2.92. The molecule has 1 nitrogen and oxygen atoms in total. The van der Waals surface area contributed by atoms with Gasteiger partial charge >= 0.3 is 0 Å². The lowest BCUT2D eigenvalue weighted by Gasteiger charge is -2.15. The van der Waals surface area contributed by atoms with E-state index in [9.17, 15) is 4.39 Å². The molecule has 2 aromatic rings. The summed E-state index contributed by atoms with van der Waals surface area (Å²) in [5.74, 6) is 0.160. The molecular weight excluding hydrogens is 201 g/mol. The lowest BCUT2D eigenvalue weighted by atomic mass is 9.91. The predicted octanol–water partition coefficient (Wildman–Crippen LogP) is 3.56. The third-order valence-electron chi connectivity index (χ3n) is 2.91. The van der Waals surface area contributed by atoms with Gasteiger partial charge in [0.05, 0.1) is 0 Å². The molecule has 0 heterocycles. The van der Waals surface area contributed by atoms with Crippen LogP contribution in [0.15, 0.2) is 30.3 Å².